The molecule has 0 amide bonds. The molecule has 0 unspecified atom stereocenters. The number of nitriles is 1. The normalized spacial score (nSPS) is 11.6. The number of rotatable bonds is 2. The lowest BCUT2D eigenvalue weighted by Crippen LogP contribution is -2.30. The molecule has 0 bridgehead atoms. The maximum Gasteiger partial charge on any atom is 0.224 e. The van der Waals surface area contributed by atoms with Crippen LogP contribution in [-0.4, -0.2) is 0 Å². The van der Waals surface area contributed by atoms with E-state index >= 15 is 0 Å². The fourth-order valence-electron chi connectivity index (χ4n) is 4.47. The summed E-state index contributed by atoms with van der Waals surface area (Å²) in [4.78, 5) is 0. The van der Waals surface area contributed by atoms with Gasteiger partial charge in [-0.2, -0.15) is 5.26 Å². The maximum atomic E-state index is 9.81. The highest BCUT2D eigenvalue weighted by molar-refractivity contribution is 6.14. The third kappa shape index (κ3) is 2.61. The zero-order valence-electron chi connectivity index (χ0n) is 17.7. The van der Waals surface area contributed by atoms with Gasteiger partial charge in [0.1, 0.15) is 12.6 Å². The van der Waals surface area contributed by atoms with E-state index < -0.39 is 0 Å². The molecule has 0 fully saturated rings. The summed E-state index contributed by atoms with van der Waals surface area (Å²) in [5.74, 6) is 0.477. The van der Waals surface area contributed by atoms with Gasteiger partial charge in [-0.1, -0.05) is 44.2 Å². The van der Waals surface area contributed by atoms with Crippen LogP contribution in [0.15, 0.2) is 65.2 Å². The van der Waals surface area contributed by atoms with Crippen molar-refractivity contribution in [3.63, 3.8) is 0 Å². The summed E-state index contributed by atoms with van der Waals surface area (Å²) in [5, 5.41) is 14.1. The standard InChI is InChI=1S/C27H23N2O/c1-16(2)18-9-10-21-19(14-18)11-12-29(4)26(21)24-17(3)13-20(15-28)25-22-7-5-6-8-23(22)30-27(24)25/h5-14,16H,1-4H3/q+1. The third-order valence-electron chi connectivity index (χ3n) is 6.03. The van der Waals surface area contributed by atoms with E-state index in [0.29, 0.717) is 11.5 Å². The number of para-hydroxylation sites is 1. The molecular weight excluding hydrogens is 368 g/mol. The van der Waals surface area contributed by atoms with Gasteiger partial charge in [0.2, 0.25) is 5.69 Å². The minimum Gasteiger partial charge on any atom is -0.455 e. The molecule has 3 nitrogen and oxygen atoms in total. The molecule has 5 rings (SSSR count). The summed E-state index contributed by atoms with van der Waals surface area (Å²) in [6.45, 7) is 6.49. The van der Waals surface area contributed by atoms with Crippen molar-refractivity contribution in [3.8, 4) is 17.3 Å². The molecule has 0 saturated carbocycles. The Morgan fingerprint density at radius 1 is 1.00 bits per heavy atom. The number of hydrogen-bond donors (Lipinski definition) is 0. The van der Waals surface area contributed by atoms with E-state index in [4.69, 9.17) is 4.42 Å². The second kappa shape index (κ2) is 6.71. The van der Waals surface area contributed by atoms with Crippen LogP contribution >= 0.6 is 0 Å². The van der Waals surface area contributed by atoms with Gasteiger partial charge >= 0.3 is 0 Å². The van der Waals surface area contributed by atoms with E-state index in [0.717, 1.165) is 38.8 Å². The molecule has 146 valence electrons. The van der Waals surface area contributed by atoms with E-state index in [9.17, 15) is 5.26 Å². The van der Waals surface area contributed by atoms with Gasteiger partial charge in [0.05, 0.1) is 22.6 Å². The molecule has 3 aromatic carbocycles. The zero-order chi connectivity index (χ0) is 21.0. The molecule has 0 aliphatic rings. The lowest BCUT2D eigenvalue weighted by Gasteiger charge is -2.11. The van der Waals surface area contributed by atoms with Gasteiger partial charge in [-0.3, -0.25) is 0 Å². The number of aryl methyl sites for hydroxylation is 2. The predicted molar refractivity (Wildman–Crippen MR) is 121 cm³/mol. The highest BCUT2D eigenvalue weighted by atomic mass is 16.3. The topological polar surface area (TPSA) is 40.8 Å². The van der Waals surface area contributed by atoms with Gasteiger partial charge in [0, 0.05) is 16.8 Å². The minimum absolute atomic E-state index is 0.477. The molecule has 0 atom stereocenters. The Bertz CT molecular complexity index is 1500. The van der Waals surface area contributed by atoms with Gasteiger partial charge in [-0.15, -0.1) is 0 Å². The Morgan fingerprint density at radius 3 is 2.57 bits per heavy atom. The second-order valence-corrected chi connectivity index (χ2v) is 8.31. The quantitative estimate of drug-likeness (QED) is 0.321. The zero-order valence-corrected chi connectivity index (χ0v) is 17.7. The summed E-state index contributed by atoms with van der Waals surface area (Å²) >= 11 is 0. The number of furan rings is 1. The number of fused-ring (bicyclic) bond motifs is 4. The van der Waals surface area contributed by atoms with Crippen LogP contribution in [0.2, 0.25) is 0 Å². The van der Waals surface area contributed by atoms with Crippen molar-refractivity contribution >= 4 is 32.7 Å². The van der Waals surface area contributed by atoms with Crippen LogP contribution in [0.25, 0.3) is 44.0 Å². The first-order valence-corrected chi connectivity index (χ1v) is 10.3. The fraction of sp³-hybridized carbons (Fsp3) is 0.185. The van der Waals surface area contributed by atoms with Crippen molar-refractivity contribution in [1.82, 2.24) is 0 Å². The summed E-state index contributed by atoms with van der Waals surface area (Å²) in [7, 11) is 2.07. The largest absolute Gasteiger partial charge is 0.455 e. The van der Waals surface area contributed by atoms with Crippen LogP contribution in [0.5, 0.6) is 0 Å². The van der Waals surface area contributed by atoms with E-state index in [1.165, 1.54) is 16.3 Å². The number of nitrogens with zero attached hydrogens (tertiary/aromatic N) is 2. The van der Waals surface area contributed by atoms with Crippen LogP contribution in [0.3, 0.4) is 0 Å². The number of benzene rings is 3. The Balaban J connectivity index is 1.95. The van der Waals surface area contributed by atoms with E-state index in [2.05, 4.69) is 68.9 Å². The summed E-state index contributed by atoms with van der Waals surface area (Å²) in [6.07, 6.45) is 2.11. The first-order valence-electron chi connectivity index (χ1n) is 10.3. The Morgan fingerprint density at radius 2 is 1.80 bits per heavy atom. The van der Waals surface area contributed by atoms with Crippen LogP contribution in [0.4, 0.5) is 0 Å². The smallest absolute Gasteiger partial charge is 0.224 e. The van der Waals surface area contributed by atoms with Crippen molar-refractivity contribution in [2.75, 3.05) is 0 Å². The first kappa shape index (κ1) is 18.4. The lowest BCUT2D eigenvalue weighted by atomic mass is 9.93. The average molecular weight is 391 g/mol. The number of aromatic nitrogens is 1. The monoisotopic (exact) mass is 391 g/mol. The average Bonchev–Trinajstić information content (AvgIpc) is 3.13. The van der Waals surface area contributed by atoms with Crippen molar-refractivity contribution in [1.29, 1.82) is 5.26 Å². The van der Waals surface area contributed by atoms with Crippen LogP contribution in [0.1, 0.15) is 36.5 Å². The molecule has 2 heterocycles. The van der Waals surface area contributed by atoms with E-state index in [1.54, 1.807) is 0 Å². The highest BCUT2D eigenvalue weighted by Crippen LogP contribution is 2.40. The predicted octanol–water partition coefficient (Wildman–Crippen LogP) is 6.53. The molecule has 0 aliphatic carbocycles. The summed E-state index contributed by atoms with van der Waals surface area (Å²) < 4.78 is 8.51. The van der Waals surface area contributed by atoms with Gasteiger partial charge in [-0.05, 0) is 47.6 Å². The van der Waals surface area contributed by atoms with Crippen molar-refractivity contribution < 1.29 is 8.98 Å². The molecule has 0 radical (unpaired) electrons. The minimum atomic E-state index is 0.477. The first-order chi connectivity index (χ1) is 14.5. The molecule has 30 heavy (non-hydrogen) atoms. The van der Waals surface area contributed by atoms with Gasteiger partial charge in [-0.25, -0.2) is 4.57 Å². The third-order valence-corrected chi connectivity index (χ3v) is 6.03. The number of pyridine rings is 1. The highest BCUT2D eigenvalue weighted by Gasteiger charge is 2.25. The summed E-state index contributed by atoms with van der Waals surface area (Å²) in [5.41, 5.74) is 6.76. The molecule has 5 aromatic rings. The summed E-state index contributed by atoms with van der Waals surface area (Å²) in [6, 6.07) is 21.2. The molecule has 0 aliphatic heterocycles. The van der Waals surface area contributed by atoms with Crippen molar-refractivity contribution in [2.24, 2.45) is 7.05 Å². The van der Waals surface area contributed by atoms with Crippen molar-refractivity contribution in [3.05, 3.63) is 77.5 Å². The molecular formula is C27H23N2O+. The van der Waals surface area contributed by atoms with Gasteiger partial charge in [0.15, 0.2) is 11.8 Å². The van der Waals surface area contributed by atoms with Crippen LogP contribution in [-0.2, 0) is 7.05 Å². The van der Waals surface area contributed by atoms with Crippen LogP contribution in [0, 0.1) is 18.3 Å². The molecule has 0 N–H and O–H groups in total. The molecule has 0 spiro atoms. The van der Waals surface area contributed by atoms with E-state index in [-0.39, 0.29) is 0 Å². The molecule has 0 saturated heterocycles. The maximum absolute atomic E-state index is 9.81. The van der Waals surface area contributed by atoms with Crippen LogP contribution < -0.4 is 4.57 Å². The van der Waals surface area contributed by atoms with Crippen molar-refractivity contribution in [2.45, 2.75) is 26.7 Å². The molecule has 2 aromatic heterocycles. The molecule has 3 heteroatoms. The van der Waals surface area contributed by atoms with Gasteiger partial charge in [0.25, 0.3) is 0 Å². The Kier molecular flexibility index (Phi) is 4.11. The lowest BCUT2D eigenvalue weighted by molar-refractivity contribution is -0.659. The SMILES string of the molecule is Cc1cc(C#N)c2c(oc3ccccc32)c1-c1c2ccc(C(C)C)cc2cc[n+]1C. The van der Waals surface area contributed by atoms with Gasteiger partial charge < -0.3 is 4.42 Å². The Hall–Kier alpha value is -3.64. The second-order valence-electron chi connectivity index (χ2n) is 8.31. The number of hydrogen-bond acceptors (Lipinski definition) is 2. The fourth-order valence-corrected chi connectivity index (χ4v) is 4.47. The van der Waals surface area contributed by atoms with E-state index in [1.807, 2.05) is 30.3 Å². The Labute approximate surface area is 175 Å².